The van der Waals surface area contributed by atoms with Gasteiger partial charge in [0.05, 0.1) is 132 Å². The van der Waals surface area contributed by atoms with Gasteiger partial charge in [-0.3, -0.25) is 53.7 Å². The molecule has 0 unspecified atom stereocenters. The maximum absolute atomic E-state index is 13.9. The molecule has 1 fully saturated rings. The summed E-state index contributed by atoms with van der Waals surface area (Å²) in [4.78, 5) is 140. The lowest BCUT2D eigenvalue weighted by Gasteiger charge is -2.26. The van der Waals surface area contributed by atoms with Crippen LogP contribution in [0.1, 0.15) is 150 Å². The van der Waals surface area contributed by atoms with E-state index in [0.29, 0.717) is 192 Å². The number of pyridine rings is 2. The first-order valence-corrected chi connectivity index (χ1v) is 48.7. The van der Waals surface area contributed by atoms with Crippen molar-refractivity contribution in [2.45, 2.75) is 78.3 Å². The fourth-order valence-corrected chi connectivity index (χ4v) is 16.5. The van der Waals surface area contributed by atoms with Crippen LogP contribution in [0.25, 0.3) is 22.5 Å². The number of likely N-dealkylation sites (N-methyl/N-ethyl adjacent to an activating group) is 4. The fraction of sp³-hybridized carbons (Fsp3) is 0.434. The van der Waals surface area contributed by atoms with E-state index in [2.05, 4.69) is 124 Å². The summed E-state index contributed by atoms with van der Waals surface area (Å²) in [5.41, 5.74) is 12.5. The molecule has 2 atom stereocenters. The summed E-state index contributed by atoms with van der Waals surface area (Å²) in [6.07, 6.45) is 8.30. The number of carbonyl (C=O) groups excluding carboxylic acids is 8. The Bertz CT molecular complexity index is 5530. The number of rotatable bonds is 53. The van der Waals surface area contributed by atoms with E-state index in [9.17, 15) is 48.5 Å². The van der Waals surface area contributed by atoms with E-state index in [4.69, 9.17) is 37.9 Å². The standard InChI is InChI=1S/C53H73N9O8.C53H64N8O10/c1-5-62(6-2)44-17-18-48(46(39-44)49-38-42(19-20-54-49)51(64)57-47-16-10-12-40-11-7-8-15-45(40)47)58-50(63)41-13-9-14-43(37-41)52(65)60(4)25-24-59(3)26-30-69-34-36-70-35-33-67-29-22-56-53(66)55-21-23-61-27-31-68-32-28-61;1-5-60(6-2)43-19-22-48(46(37-43)49-36-40(23-24-54-49)51(63)56-47-16-10-12-38-11-7-8-15-45(38)47)57-50(62)39-13-9-14-41(35-39)52(64)59(4)27-26-58(3)28-30-69-32-34-70-33-31-68-29-25-55-53(65)71-44-20-17-42(18-21-44)61(66)67/h7-9,11,13-15,17-20,37-39,47H,5-6,10,12,16,21-36H2,1-4H3,(H,57,64)(H,58,63)(H2,55,56,66);7-9,11,13-15,17-24,35-37,47H,5-6,10,12,16,25-34H2,1-4H3,(H,55,65)(H,56,63)(H,57,62)/t2*47-/m00/s1. The molecule has 9 amide bonds. The van der Waals surface area contributed by atoms with E-state index >= 15 is 0 Å². The van der Waals surface area contributed by atoms with Gasteiger partial charge in [-0.1, -0.05) is 60.7 Å². The second-order valence-corrected chi connectivity index (χ2v) is 34.4. The number of aromatic nitrogens is 2. The van der Waals surface area contributed by atoms with Crippen LogP contribution in [-0.2, 0) is 46.0 Å². The number of anilines is 4. The van der Waals surface area contributed by atoms with Crippen molar-refractivity contribution in [1.82, 2.24) is 61.1 Å². The molecule has 2 aliphatic carbocycles. The molecule has 9 aromatic rings. The van der Waals surface area contributed by atoms with E-state index in [1.165, 1.54) is 35.4 Å². The van der Waals surface area contributed by atoms with Gasteiger partial charge in [-0.15, -0.1) is 0 Å². The second kappa shape index (κ2) is 58.1. The molecule has 3 aliphatic rings. The largest absolute Gasteiger partial charge is 0.412 e. The van der Waals surface area contributed by atoms with Crippen LogP contribution < -0.4 is 51.8 Å². The second-order valence-electron chi connectivity index (χ2n) is 34.4. The van der Waals surface area contributed by atoms with Crippen molar-refractivity contribution in [3.05, 3.63) is 260 Å². The number of non-ortho nitro benzene ring substituents is 1. The number of hydrogen-bond donors (Lipinski definition) is 7. The van der Waals surface area contributed by atoms with Gasteiger partial charge in [-0.05, 0) is 212 Å². The summed E-state index contributed by atoms with van der Waals surface area (Å²) in [5.74, 6) is -1.37. The molecule has 7 N–H and O–H groups in total. The number of carbonyl (C=O) groups is 8. The topological polar surface area (TPSA) is 386 Å². The first-order valence-electron chi connectivity index (χ1n) is 48.7. The Kier molecular flexibility index (Phi) is 44.6. The Balaban J connectivity index is 0.000000270. The van der Waals surface area contributed by atoms with E-state index < -0.39 is 16.9 Å². The van der Waals surface area contributed by atoms with Gasteiger partial charge in [0.25, 0.3) is 41.1 Å². The van der Waals surface area contributed by atoms with Crippen LogP contribution in [-0.4, -0.2) is 312 Å². The van der Waals surface area contributed by atoms with Gasteiger partial charge >= 0.3 is 12.1 Å². The van der Waals surface area contributed by atoms with E-state index in [1.54, 1.807) is 109 Å². The van der Waals surface area contributed by atoms with Gasteiger partial charge in [0.1, 0.15) is 5.75 Å². The summed E-state index contributed by atoms with van der Waals surface area (Å²) in [6.45, 7) is 25.1. The molecule has 7 aromatic carbocycles. The maximum atomic E-state index is 13.9. The average Bonchev–Trinajstić information content (AvgIpc) is 0.796. The number of nitrogens with zero attached hydrogens (tertiary/aromatic N) is 10. The molecule has 1 saturated heterocycles. The number of fused-ring (bicyclic) bond motifs is 2. The fourth-order valence-electron chi connectivity index (χ4n) is 16.5. The summed E-state index contributed by atoms with van der Waals surface area (Å²) in [6, 6.07) is 53.3. The van der Waals surface area contributed by atoms with Crippen LogP contribution in [0.3, 0.4) is 0 Å². The Morgan fingerprint density at radius 3 is 1.29 bits per heavy atom. The number of amides is 9. The van der Waals surface area contributed by atoms with Crippen molar-refractivity contribution in [2.75, 3.05) is 246 Å². The van der Waals surface area contributed by atoms with Crippen LogP contribution in [0.2, 0.25) is 0 Å². The van der Waals surface area contributed by atoms with Crippen molar-refractivity contribution in [3.8, 4) is 28.3 Å². The van der Waals surface area contributed by atoms with Crippen LogP contribution in [0.5, 0.6) is 5.75 Å². The highest BCUT2D eigenvalue weighted by Crippen LogP contribution is 2.37. The van der Waals surface area contributed by atoms with Gasteiger partial charge in [-0.25, -0.2) is 9.59 Å². The molecule has 35 heteroatoms. The number of morpholine rings is 1. The third kappa shape index (κ3) is 34.6. The number of hydrogen-bond acceptors (Lipinski definition) is 25. The number of aryl methyl sites for hydroxylation is 2. The molecular formula is C106H137N17O18. The number of benzene rings is 7. The third-order valence-corrected chi connectivity index (χ3v) is 24.6. The van der Waals surface area contributed by atoms with Gasteiger partial charge < -0.3 is 105 Å². The minimum Gasteiger partial charge on any atom is -0.410 e. The predicted molar refractivity (Wildman–Crippen MR) is 544 cm³/mol. The van der Waals surface area contributed by atoms with E-state index in [1.807, 2.05) is 74.8 Å². The third-order valence-electron chi connectivity index (χ3n) is 24.6. The first-order chi connectivity index (χ1) is 68.6. The number of nitro benzene ring substituents is 1. The smallest absolute Gasteiger partial charge is 0.410 e. The SMILES string of the molecule is CCN(CC)c1ccc(NC(=O)c2cccc(C(=O)N(C)CCN(C)CCOCCOCCOCCNC(=O)NCCN3CCOCC3)c2)c(-c2cc(C(=O)N[C@H]3CCCc4ccccc43)ccn2)c1.CCN(CC)c1ccc(NC(=O)c2cccc(C(=O)N(C)CCN(C)CCOCCOCCOCCNC(=O)Oc3ccc([N+](=O)[O-])cc3)c2)c(-c2cc(C(=O)N[C@H]3CCCc4ccccc43)ccn2)c1. The molecule has 35 nitrogen and oxygen atoms in total. The van der Waals surface area contributed by atoms with Gasteiger partial charge in [-0.2, -0.15) is 0 Å². The number of nitrogens with one attached hydrogen (secondary N) is 7. The number of nitro groups is 1. The summed E-state index contributed by atoms with van der Waals surface area (Å²) in [7, 11) is 7.41. The molecule has 0 saturated carbocycles. The highest BCUT2D eigenvalue weighted by molar-refractivity contribution is 6.09. The summed E-state index contributed by atoms with van der Waals surface area (Å²) in [5, 5.41) is 31.6. The van der Waals surface area contributed by atoms with Crippen molar-refractivity contribution in [1.29, 1.82) is 0 Å². The zero-order chi connectivity index (χ0) is 100. The average molecular weight is 1940 g/mol. The Morgan fingerprint density at radius 1 is 0.433 bits per heavy atom. The number of urea groups is 1. The van der Waals surface area contributed by atoms with Crippen molar-refractivity contribution in [3.63, 3.8) is 0 Å². The zero-order valence-corrected chi connectivity index (χ0v) is 82.4. The molecule has 0 bridgehead atoms. The maximum Gasteiger partial charge on any atom is 0.412 e. The molecule has 2 aromatic heterocycles. The Labute approximate surface area is 826 Å². The number of ether oxygens (including phenoxy) is 8. The Hall–Kier alpha value is -13.2. The van der Waals surface area contributed by atoms with Gasteiger partial charge in [0.15, 0.2) is 0 Å². The zero-order valence-electron chi connectivity index (χ0n) is 82.4. The monoisotopic (exact) mass is 1940 g/mol. The Morgan fingerprint density at radius 2 is 0.844 bits per heavy atom. The molecule has 0 radical (unpaired) electrons. The lowest BCUT2D eigenvalue weighted by atomic mass is 9.87. The van der Waals surface area contributed by atoms with Crippen LogP contribution in [0.15, 0.2) is 194 Å². The van der Waals surface area contributed by atoms with Crippen molar-refractivity contribution in [2.24, 2.45) is 0 Å². The molecule has 3 heterocycles. The molecule has 754 valence electrons. The van der Waals surface area contributed by atoms with Crippen molar-refractivity contribution >= 4 is 76.0 Å². The highest BCUT2D eigenvalue weighted by atomic mass is 16.6. The minimum absolute atomic E-state index is 0.0694. The normalized spacial score (nSPS) is 13.8. The molecule has 141 heavy (non-hydrogen) atoms. The highest BCUT2D eigenvalue weighted by Gasteiger charge is 2.28. The minimum atomic E-state index is -0.696. The van der Waals surface area contributed by atoms with Gasteiger partial charge in [0.2, 0.25) is 0 Å². The molecule has 1 aliphatic heterocycles. The first kappa shape index (κ1) is 108. The summed E-state index contributed by atoms with van der Waals surface area (Å²) >= 11 is 0. The lowest BCUT2D eigenvalue weighted by Crippen LogP contribution is -2.44. The summed E-state index contributed by atoms with van der Waals surface area (Å²) < 4.78 is 44.0. The lowest BCUT2D eigenvalue weighted by molar-refractivity contribution is -0.384. The molecular weight excluding hydrogens is 1800 g/mol. The molecule has 0 spiro atoms. The quantitative estimate of drug-likeness (QED) is 0.0106. The van der Waals surface area contributed by atoms with Gasteiger partial charge in [0, 0.05) is 199 Å². The predicted octanol–water partition coefficient (Wildman–Crippen LogP) is 12.7. The molecule has 12 rings (SSSR count). The van der Waals surface area contributed by atoms with E-state index in [0.717, 1.165) is 120 Å². The van der Waals surface area contributed by atoms with Crippen molar-refractivity contribution < 1.29 is 81.2 Å². The van der Waals surface area contributed by atoms with Crippen LogP contribution >= 0.6 is 0 Å². The van der Waals surface area contributed by atoms with Crippen LogP contribution in [0.4, 0.5) is 38.0 Å². The van der Waals surface area contributed by atoms with E-state index in [-0.39, 0.29) is 72.2 Å². The van der Waals surface area contributed by atoms with Crippen LogP contribution in [0, 0.1) is 10.1 Å².